The van der Waals surface area contributed by atoms with Gasteiger partial charge in [-0.1, -0.05) is 47.6 Å². The Balaban J connectivity index is 3.41. The number of carboxylic acids is 1. The fourth-order valence-electron chi connectivity index (χ4n) is 3.46. The van der Waals surface area contributed by atoms with Crippen LogP contribution in [0.1, 0.15) is 72.8 Å². The Kier molecular flexibility index (Phi) is 13.6. The lowest BCUT2D eigenvalue weighted by Gasteiger charge is -2.32. The third-order valence-corrected chi connectivity index (χ3v) is 6.24. The molecule has 0 aromatic heterocycles. The third kappa shape index (κ3) is 9.85. The second kappa shape index (κ2) is 15.8. The lowest BCUT2D eigenvalue weighted by atomic mass is 9.79. The van der Waals surface area contributed by atoms with Crippen molar-refractivity contribution in [2.75, 3.05) is 13.2 Å². The van der Waals surface area contributed by atoms with Crippen LogP contribution in [0.4, 0.5) is 9.59 Å². The molecule has 0 saturated carbocycles. The van der Waals surface area contributed by atoms with E-state index in [1.54, 1.807) is 27.7 Å². The monoisotopic (exact) mass is 539 g/mol. The molecule has 11 heteroatoms. The summed E-state index contributed by atoms with van der Waals surface area (Å²) in [5, 5.41) is 9.73. The summed E-state index contributed by atoms with van der Waals surface area (Å²) in [5.41, 5.74) is 6.44. The van der Waals surface area contributed by atoms with Gasteiger partial charge in [-0.05, 0) is 43.4 Å². The standard InChI is InChI=1S/C27H41NO10/c1-8-12-34-26(32)37-20-11-10-19(14-21(20)38-27(33)35-13-9-2)22(23(28)24(29)30)17(6)18(7)36-25(31)16(5)15(3)4/h10-11,14-18,22-23H,8-9,12-13,28H2,1-7H3,(H,29,30)/t16?,17?,18?,22?,23-/m0/s1. The molecule has 0 bridgehead atoms. The fraction of sp³-hybridized carbons (Fsp3) is 0.630. The summed E-state index contributed by atoms with van der Waals surface area (Å²) in [6.07, 6.45) is -1.60. The fourth-order valence-corrected chi connectivity index (χ4v) is 3.46. The van der Waals surface area contributed by atoms with Gasteiger partial charge < -0.3 is 34.5 Å². The Morgan fingerprint density at radius 1 is 0.868 bits per heavy atom. The van der Waals surface area contributed by atoms with Crippen molar-refractivity contribution < 1.29 is 48.0 Å². The molecule has 11 nitrogen and oxygen atoms in total. The number of carbonyl (C=O) groups is 4. The van der Waals surface area contributed by atoms with Gasteiger partial charge in [-0.3, -0.25) is 9.59 Å². The van der Waals surface area contributed by atoms with Gasteiger partial charge in [0.05, 0.1) is 19.1 Å². The number of ether oxygens (including phenoxy) is 5. The van der Waals surface area contributed by atoms with Crippen molar-refractivity contribution in [3.05, 3.63) is 23.8 Å². The molecule has 0 radical (unpaired) electrons. The van der Waals surface area contributed by atoms with E-state index in [1.807, 2.05) is 20.8 Å². The molecule has 0 spiro atoms. The minimum absolute atomic E-state index is 0.0609. The number of hydrogen-bond acceptors (Lipinski definition) is 10. The van der Waals surface area contributed by atoms with Gasteiger partial charge in [0.1, 0.15) is 12.1 Å². The van der Waals surface area contributed by atoms with Crippen molar-refractivity contribution in [2.24, 2.45) is 23.5 Å². The first-order chi connectivity index (χ1) is 17.8. The molecule has 0 aliphatic heterocycles. The highest BCUT2D eigenvalue weighted by Gasteiger charge is 2.36. The van der Waals surface area contributed by atoms with Crippen LogP contribution < -0.4 is 15.2 Å². The summed E-state index contributed by atoms with van der Waals surface area (Å²) in [7, 11) is 0. The zero-order valence-corrected chi connectivity index (χ0v) is 23.2. The zero-order chi connectivity index (χ0) is 29.0. The second-order valence-electron chi connectivity index (χ2n) is 9.53. The van der Waals surface area contributed by atoms with Crippen LogP contribution in [0.5, 0.6) is 11.5 Å². The molecule has 5 atom stereocenters. The first-order valence-corrected chi connectivity index (χ1v) is 12.9. The number of carboxylic acid groups (broad SMARTS) is 1. The van der Waals surface area contributed by atoms with E-state index < -0.39 is 48.2 Å². The highest BCUT2D eigenvalue weighted by molar-refractivity contribution is 5.75. The Hall–Kier alpha value is -3.34. The smallest absolute Gasteiger partial charge is 0.480 e. The first kappa shape index (κ1) is 32.7. The lowest BCUT2D eigenvalue weighted by Crippen LogP contribution is -2.43. The van der Waals surface area contributed by atoms with Crippen LogP contribution in [-0.4, -0.2) is 54.7 Å². The van der Waals surface area contributed by atoms with Gasteiger partial charge in [-0.15, -0.1) is 0 Å². The van der Waals surface area contributed by atoms with E-state index in [0.717, 1.165) is 0 Å². The molecule has 1 aromatic rings. The Labute approximate surface area is 223 Å². The van der Waals surface area contributed by atoms with Crippen LogP contribution in [0.2, 0.25) is 0 Å². The molecule has 38 heavy (non-hydrogen) atoms. The van der Waals surface area contributed by atoms with Crippen LogP contribution in [-0.2, 0) is 23.8 Å². The van der Waals surface area contributed by atoms with Crippen molar-refractivity contribution >= 4 is 24.2 Å². The van der Waals surface area contributed by atoms with Crippen molar-refractivity contribution in [1.29, 1.82) is 0 Å². The molecule has 0 aliphatic rings. The lowest BCUT2D eigenvalue weighted by molar-refractivity contribution is -0.157. The summed E-state index contributed by atoms with van der Waals surface area (Å²) in [6, 6.07) is 2.80. The van der Waals surface area contributed by atoms with Crippen molar-refractivity contribution in [3.63, 3.8) is 0 Å². The van der Waals surface area contributed by atoms with E-state index in [2.05, 4.69) is 0 Å². The van der Waals surface area contributed by atoms with Crippen molar-refractivity contribution in [3.8, 4) is 11.5 Å². The molecule has 4 unspecified atom stereocenters. The number of esters is 1. The number of hydrogen-bond donors (Lipinski definition) is 2. The number of benzene rings is 1. The third-order valence-electron chi connectivity index (χ3n) is 6.24. The van der Waals surface area contributed by atoms with Crippen LogP contribution >= 0.6 is 0 Å². The van der Waals surface area contributed by atoms with Gasteiger partial charge in [0.15, 0.2) is 11.5 Å². The number of rotatable bonds is 14. The Morgan fingerprint density at radius 3 is 1.87 bits per heavy atom. The van der Waals surface area contributed by atoms with E-state index in [-0.39, 0.29) is 36.5 Å². The molecule has 0 amide bonds. The van der Waals surface area contributed by atoms with Crippen molar-refractivity contribution in [1.82, 2.24) is 0 Å². The molecule has 0 saturated heterocycles. The van der Waals surface area contributed by atoms with Gasteiger partial charge in [-0.2, -0.15) is 0 Å². The molecule has 0 heterocycles. The average Bonchev–Trinajstić information content (AvgIpc) is 2.86. The van der Waals surface area contributed by atoms with Gasteiger partial charge in [0.25, 0.3) is 0 Å². The van der Waals surface area contributed by atoms with Gasteiger partial charge in [-0.25, -0.2) is 9.59 Å². The van der Waals surface area contributed by atoms with Crippen LogP contribution in [0.25, 0.3) is 0 Å². The zero-order valence-electron chi connectivity index (χ0n) is 23.2. The Bertz CT molecular complexity index is 948. The number of aliphatic carboxylic acids is 1. The normalized spacial score (nSPS) is 15.0. The van der Waals surface area contributed by atoms with Crippen LogP contribution in [0.15, 0.2) is 18.2 Å². The topological polar surface area (TPSA) is 161 Å². The molecule has 3 N–H and O–H groups in total. The van der Waals surface area contributed by atoms with E-state index in [9.17, 15) is 24.3 Å². The summed E-state index contributed by atoms with van der Waals surface area (Å²) < 4.78 is 26.0. The molecule has 1 aromatic carbocycles. The maximum atomic E-state index is 12.5. The SMILES string of the molecule is CCCOC(=O)Oc1ccc(C(C(C)C(C)OC(=O)C(C)C(C)C)[C@H](N)C(=O)O)cc1OC(=O)OCCC. The Morgan fingerprint density at radius 2 is 1.39 bits per heavy atom. The van der Waals surface area contributed by atoms with E-state index in [0.29, 0.717) is 18.4 Å². The first-order valence-electron chi connectivity index (χ1n) is 12.9. The summed E-state index contributed by atoms with van der Waals surface area (Å²) in [6.45, 7) is 12.8. The molecular formula is C27H41NO10. The van der Waals surface area contributed by atoms with E-state index in [1.165, 1.54) is 18.2 Å². The maximum Gasteiger partial charge on any atom is 0.513 e. The molecule has 0 aliphatic carbocycles. The van der Waals surface area contributed by atoms with Crippen molar-refractivity contribution in [2.45, 2.75) is 79.4 Å². The van der Waals surface area contributed by atoms with Gasteiger partial charge in [0.2, 0.25) is 0 Å². The highest BCUT2D eigenvalue weighted by atomic mass is 16.7. The summed E-state index contributed by atoms with van der Waals surface area (Å²) >= 11 is 0. The predicted molar refractivity (Wildman–Crippen MR) is 138 cm³/mol. The average molecular weight is 540 g/mol. The number of carbonyl (C=O) groups excluding carboxylic acids is 3. The molecule has 214 valence electrons. The van der Waals surface area contributed by atoms with E-state index >= 15 is 0 Å². The summed E-state index contributed by atoms with van der Waals surface area (Å²) in [5.74, 6) is -3.73. The molecular weight excluding hydrogens is 498 g/mol. The van der Waals surface area contributed by atoms with Crippen LogP contribution in [0, 0.1) is 17.8 Å². The minimum Gasteiger partial charge on any atom is -0.480 e. The second-order valence-corrected chi connectivity index (χ2v) is 9.53. The van der Waals surface area contributed by atoms with Gasteiger partial charge >= 0.3 is 24.2 Å². The summed E-state index contributed by atoms with van der Waals surface area (Å²) in [4.78, 5) is 48.7. The minimum atomic E-state index is -1.39. The largest absolute Gasteiger partial charge is 0.513 e. The molecule has 0 fully saturated rings. The number of nitrogens with two attached hydrogens (primary N) is 1. The molecule has 1 rings (SSSR count). The van der Waals surface area contributed by atoms with Gasteiger partial charge in [0, 0.05) is 11.8 Å². The maximum absolute atomic E-state index is 12.5. The predicted octanol–water partition coefficient (Wildman–Crippen LogP) is 4.89. The van der Waals surface area contributed by atoms with Crippen LogP contribution in [0.3, 0.4) is 0 Å². The quantitative estimate of drug-likeness (QED) is 0.188. The van der Waals surface area contributed by atoms with E-state index in [4.69, 9.17) is 29.4 Å². The highest BCUT2D eigenvalue weighted by Crippen LogP contribution is 2.37.